The molecule has 0 amide bonds. The van der Waals surface area contributed by atoms with E-state index in [0.717, 1.165) is 22.4 Å². The number of rotatable bonds is 3. The first-order chi connectivity index (χ1) is 23.6. The molecule has 7 aromatic carbocycles. The first-order valence-corrected chi connectivity index (χ1v) is 16.7. The Morgan fingerprint density at radius 3 is 2.17 bits per heavy atom. The summed E-state index contributed by atoms with van der Waals surface area (Å²) in [5, 5.41) is 7.65. The second kappa shape index (κ2) is 10.0. The maximum absolute atomic E-state index is 4.90. The maximum Gasteiger partial charge on any atom is 0.138 e. The van der Waals surface area contributed by atoms with Gasteiger partial charge in [0.1, 0.15) is 5.82 Å². The lowest BCUT2D eigenvalue weighted by atomic mass is 9.81. The molecule has 2 heteroatoms. The van der Waals surface area contributed by atoms with Crippen molar-refractivity contribution in [3.63, 3.8) is 0 Å². The molecule has 48 heavy (non-hydrogen) atoms. The lowest BCUT2D eigenvalue weighted by molar-refractivity contribution is 0.661. The minimum atomic E-state index is -0.0860. The molecule has 2 nitrogen and oxygen atoms in total. The molecule has 0 N–H and O–H groups in total. The Bertz CT molecular complexity index is 2750. The number of fused-ring (bicyclic) bond motifs is 10. The molecular weight excluding hydrogens is 581 g/mol. The number of aromatic nitrogens is 2. The third-order valence-corrected chi connectivity index (χ3v) is 10.7. The van der Waals surface area contributed by atoms with Crippen LogP contribution >= 0.6 is 0 Å². The lowest BCUT2D eigenvalue weighted by Crippen LogP contribution is -2.15. The standard InChI is InChI=1S/C46H32N2/c1-46(2)39-23-20-30-13-6-7-14-34(30)44(39)37-21-19-32(27-40(37)46)33-16-10-17-36-35(33)22-24-42-45(36)38-15-8-9-18-41(38)48(42)43-28-31(25-26-47-43)29-11-4-3-5-12-29/h3-28H,1-2H3. The van der Waals surface area contributed by atoms with Crippen molar-refractivity contribution in [1.82, 2.24) is 9.55 Å². The molecule has 0 bridgehead atoms. The summed E-state index contributed by atoms with van der Waals surface area (Å²) in [6.45, 7) is 4.75. The Morgan fingerprint density at radius 1 is 0.479 bits per heavy atom. The van der Waals surface area contributed by atoms with Crippen LogP contribution in [-0.2, 0) is 5.41 Å². The van der Waals surface area contributed by atoms with Crippen LogP contribution in [-0.4, -0.2) is 9.55 Å². The van der Waals surface area contributed by atoms with Crippen molar-refractivity contribution in [1.29, 1.82) is 0 Å². The van der Waals surface area contributed by atoms with Crippen LogP contribution in [0.15, 0.2) is 158 Å². The summed E-state index contributed by atoms with van der Waals surface area (Å²) < 4.78 is 2.32. The predicted octanol–water partition coefficient (Wildman–Crippen LogP) is 12.1. The monoisotopic (exact) mass is 612 g/mol. The summed E-state index contributed by atoms with van der Waals surface area (Å²) in [5.41, 5.74) is 12.6. The third-order valence-electron chi connectivity index (χ3n) is 10.7. The number of hydrogen-bond donors (Lipinski definition) is 0. The number of para-hydroxylation sites is 1. The van der Waals surface area contributed by atoms with Crippen LogP contribution < -0.4 is 0 Å². The first-order valence-electron chi connectivity index (χ1n) is 16.7. The average molecular weight is 613 g/mol. The van der Waals surface area contributed by atoms with Gasteiger partial charge in [-0.15, -0.1) is 0 Å². The van der Waals surface area contributed by atoms with Gasteiger partial charge in [-0.1, -0.05) is 135 Å². The number of hydrogen-bond acceptors (Lipinski definition) is 1. The molecule has 0 fully saturated rings. The molecule has 0 radical (unpaired) electrons. The molecule has 0 saturated heterocycles. The van der Waals surface area contributed by atoms with Crippen molar-refractivity contribution in [3.05, 3.63) is 169 Å². The molecule has 9 aromatic rings. The Balaban J connectivity index is 1.18. The van der Waals surface area contributed by atoms with Crippen LogP contribution in [0.1, 0.15) is 25.0 Å². The van der Waals surface area contributed by atoms with Crippen LogP contribution in [0, 0.1) is 0 Å². The molecule has 1 aliphatic carbocycles. The Kier molecular flexibility index (Phi) is 5.66. The van der Waals surface area contributed by atoms with E-state index < -0.39 is 0 Å². The smallest absolute Gasteiger partial charge is 0.138 e. The molecular formula is C46H32N2. The van der Waals surface area contributed by atoms with Crippen LogP contribution in [0.4, 0.5) is 0 Å². The van der Waals surface area contributed by atoms with Crippen molar-refractivity contribution in [2.45, 2.75) is 19.3 Å². The fourth-order valence-corrected chi connectivity index (χ4v) is 8.35. The third kappa shape index (κ3) is 3.77. The number of benzene rings is 7. The molecule has 2 heterocycles. The van der Waals surface area contributed by atoms with Gasteiger partial charge in [0.25, 0.3) is 0 Å². The van der Waals surface area contributed by atoms with Gasteiger partial charge in [0, 0.05) is 22.4 Å². The highest BCUT2D eigenvalue weighted by atomic mass is 15.1. The van der Waals surface area contributed by atoms with Crippen molar-refractivity contribution < 1.29 is 0 Å². The Labute approximate surface area is 279 Å². The Morgan fingerprint density at radius 2 is 1.27 bits per heavy atom. The van der Waals surface area contributed by atoms with Crippen molar-refractivity contribution in [2.24, 2.45) is 0 Å². The molecule has 0 unspecified atom stereocenters. The summed E-state index contributed by atoms with van der Waals surface area (Å²) in [6.07, 6.45) is 1.92. The molecule has 0 atom stereocenters. The minimum absolute atomic E-state index is 0.0860. The van der Waals surface area contributed by atoms with Crippen LogP contribution in [0.5, 0.6) is 0 Å². The van der Waals surface area contributed by atoms with E-state index in [-0.39, 0.29) is 5.41 Å². The van der Waals surface area contributed by atoms with Crippen LogP contribution in [0.25, 0.3) is 82.5 Å². The van der Waals surface area contributed by atoms with Crippen LogP contribution in [0.3, 0.4) is 0 Å². The molecule has 10 rings (SSSR count). The Hall–Kier alpha value is -5.99. The SMILES string of the molecule is CC1(C)c2cc(-c3cccc4c3ccc3c4c4ccccc4n3-c3cc(-c4ccccc4)ccn3)ccc2-c2c1ccc1ccccc21. The molecule has 226 valence electrons. The van der Waals surface area contributed by atoms with E-state index in [1.807, 2.05) is 6.20 Å². The minimum Gasteiger partial charge on any atom is -0.294 e. The summed E-state index contributed by atoms with van der Waals surface area (Å²) >= 11 is 0. The molecule has 0 spiro atoms. The zero-order chi connectivity index (χ0) is 32.0. The van der Waals surface area contributed by atoms with Gasteiger partial charge in [-0.05, 0) is 96.4 Å². The van der Waals surface area contributed by atoms with E-state index in [1.165, 1.54) is 71.3 Å². The van der Waals surface area contributed by atoms with E-state index in [0.29, 0.717) is 0 Å². The topological polar surface area (TPSA) is 17.8 Å². The van der Waals surface area contributed by atoms with Gasteiger partial charge in [0.2, 0.25) is 0 Å². The van der Waals surface area contributed by atoms with Crippen LogP contribution in [0.2, 0.25) is 0 Å². The molecule has 2 aromatic heterocycles. The van der Waals surface area contributed by atoms with Gasteiger partial charge in [0.05, 0.1) is 11.0 Å². The normalized spacial score (nSPS) is 13.4. The van der Waals surface area contributed by atoms with E-state index >= 15 is 0 Å². The van der Waals surface area contributed by atoms with E-state index in [9.17, 15) is 0 Å². The maximum atomic E-state index is 4.90. The fraction of sp³-hybridized carbons (Fsp3) is 0.0652. The summed E-state index contributed by atoms with van der Waals surface area (Å²) in [4.78, 5) is 4.90. The van der Waals surface area contributed by atoms with E-state index in [2.05, 4.69) is 170 Å². The van der Waals surface area contributed by atoms with Gasteiger partial charge in [-0.3, -0.25) is 4.57 Å². The van der Waals surface area contributed by atoms with Gasteiger partial charge in [0.15, 0.2) is 0 Å². The van der Waals surface area contributed by atoms with Crippen molar-refractivity contribution in [2.75, 3.05) is 0 Å². The highest BCUT2D eigenvalue weighted by molar-refractivity contribution is 6.23. The van der Waals surface area contributed by atoms with Crippen molar-refractivity contribution >= 4 is 43.4 Å². The van der Waals surface area contributed by atoms with Gasteiger partial charge in [-0.25, -0.2) is 4.98 Å². The summed E-state index contributed by atoms with van der Waals surface area (Å²) in [7, 11) is 0. The summed E-state index contributed by atoms with van der Waals surface area (Å²) in [6, 6.07) is 55.5. The predicted molar refractivity (Wildman–Crippen MR) is 202 cm³/mol. The quantitative estimate of drug-likeness (QED) is 0.194. The van der Waals surface area contributed by atoms with E-state index in [1.54, 1.807) is 0 Å². The van der Waals surface area contributed by atoms with Gasteiger partial charge >= 0.3 is 0 Å². The highest BCUT2D eigenvalue weighted by Gasteiger charge is 2.36. The second-order valence-electron chi connectivity index (χ2n) is 13.6. The number of pyridine rings is 1. The molecule has 1 aliphatic rings. The largest absolute Gasteiger partial charge is 0.294 e. The lowest BCUT2D eigenvalue weighted by Gasteiger charge is -2.22. The second-order valence-corrected chi connectivity index (χ2v) is 13.6. The average Bonchev–Trinajstić information content (AvgIpc) is 3.60. The first kappa shape index (κ1) is 27.2. The van der Waals surface area contributed by atoms with E-state index in [4.69, 9.17) is 4.98 Å². The molecule has 0 saturated carbocycles. The van der Waals surface area contributed by atoms with Crippen molar-refractivity contribution in [3.8, 4) is 39.2 Å². The fourth-order valence-electron chi connectivity index (χ4n) is 8.35. The highest BCUT2D eigenvalue weighted by Crippen LogP contribution is 2.52. The number of nitrogens with zero attached hydrogens (tertiary/aromatic N) is 2. The van der Waals surface area contributed by atoms with Gasteiger partial charge < -0.3 is 0 Å². The van der Waals surface area contributed by atoms with Gasteiger partial charge in [-0.2, -0.15) is 0 Å². The summed E-state index contributed by atoms with van der Waals surface area (Å²) in [5.74, 6) is 0.922. The zero-order valence-electron chi connectivity index (χ0n) is 26.9. The molecule has 0 aliphatic heterocycles. The zero-order valence-corrected chi connectivity index (χ0v) is 26.9.